The van der Waals surface area contributed by atoms with E-state index < -0.39 is 11.8 Å². The number of piperazine rings is 1. The fourth-order valence-electron chi connectivity index (χ4n) is 4.49. The number of oxazole rings is 2. The first kappa shape index (κ1) is 35.7. The summed E-state index contributed by atoms with van der Waals surface area (Å²) in [5.41, 5.74) is 8.35. The van der Waals surface area contributed by atoms with Gasteiger partial charge in [0.05, 0.1) is 21.4 Å². The Labute approximate surface area is 305 Å². The number of rotatable bonds is 9. The lowest BCUT2D eigenvalue weighted by molar-refractivity contribution is 0.101. The van der Waals surface area contributed by atoms with E-state index in [2.05, 4.69) is 70.3 Å². The Morgan fingerprint density at radius 2 is 1.53 bits per heavy atom. The van der Waals surface area contributed by atoms with E-state index in [4.69, 9.17) is 37.8 Å². The van der Waals surface area contributed by atoms with Crippen LogP contribution in [0.3, 0.4) is 0 Å². The molecule has 0 unspecified atom stereocenters. The minimum absolute atomic E-state index is 0.0518. The summed E-state index contributed by atoms with van der Waals surface area (Å²) in [6.45, 7) is 3.99. The van der Waals surface area contributed by atoms with Crippen LogP contribution >= 0.6 is 45.8 Å². The number of nitrogen functional groups attached to an aromatic ring is 1. The van der Waals surface area contributed by atoms with Crippen LogP contribution in [-0.4, -0.2) is 78.5 Å². The van der Waals surface area contributed by atoms with Crippen molar-refractivity contribution in [1.29, 1.82) is 0 Å². The smallest absolute Gasteiger partial charge is 0.329 e. The van der Waals surface area contributed by atoms with Gasteiger partial charge in [-0.1, -0.05) is 29.3 Å². The molecule has 0 aliphatic carbocycles. The summed E-state index contributed by atoms with van der Waals surface area (Å²) in [6.07, 6.45) is 4.75. The number of carbonyl (C=O) groups excluding carboxylic acids is 3. The molecule has 251 valence electrons. The predicted molar refractivity (Wildman–Crippen MR) is 198 cm³/mol. The Morgan fingerprint density at radius 1 is 0.898 bits per heavy atom. The normalized spacial score (nSPS) is 12.8. The van der Waals surface area contributed by atoms with Gasteiger partial charge in [-0.25, -0.2) is 4.98 Å². The molecule has 1 saturated heterocycles. The van der Waals surface area contributed by atoms with Crippen molar-refractivity contribution < 1.29 is 23.2 Å². The zero-order valence-corrected chi connectivity index (χ0v) is 29.5. The number of nitrogens with zero attached hydrogens (tertiary/aromatic N) is 5. The van der Waals surface area contributed by atoms with Gasteiger partial charge in [-0.05, 0) is 77.7 Å². The third kappa shape index (κ3) is 9.72. The summed E-state index contributed by atoms with van der Waals surface area (Å²) in [5.74, 6) is 0.0535. The molecule has 0 atom stereocenters. The number of benzene rings is 2. The maximum atomic E-state index is 12.3. The van der Waals surface area contributed by atoms with Crippen molar-refractivity contribution in [3.8, 4) is 11.1 Å². The zero-order valence-electron chi connectivity index (χ0n) is 25.8. The molecule has 3 aromatic heterocycles. The Hall–Kier alpha value is -4.65. The van der Waals surface area contributed by atoms with Gasteiger partial charge in [0.25, 0.3) is 23.8 Å². The van der Waals surface area contributed by atoms with E-state index in [0.717, 1.165) is 54.1 Å². The average molecular weight is 815 g/mol. The molecule has 1 radical (unpaired) electrons. The summed E-state index contributed by atoms with van der Waals surface area (Å²) in [6, 6.07) is 14.7. The monoisotopic (exact) mass is 814 g/mol. The van der Waals surface area contributed by atoms with E-state index in [1.807, 2.05) is 30.5 Å². The largest absolute Gasteiger partial charge is 0.432 e. The van der Waals surface area contributed by atoms with Crippen molar-refractivity contribution in [2.24, 2.45) is 0 Å². The summed E-state index contributed by atoms with van der Waals surface area (Å²) in [5, 5.41) is 8.68. The molecule has 0 bridgehead atoms. The van der Waals surface area contributed by atoms with E-state index in [-0.39, 0.29) is 23.4 Å². The number of nitrogens with one attached hydrogen (secondary N) is 3. The molecule has 2 aromatic carbocycles. The maximum absolute atomic E-state index is 12.3. The van der Waals surface area contributed by atoms with E-state index in [9.17, 15) is 14.4 Å². The van der Waals surface area contributed by atoms with E-state index >= 15 is 0 Å². The van der Waals surface area contributed by atoms with Crippen LogP contribution in [0, 0.1) is 3.57 Å². The number of amides is 2. The second kappa shape index (κ2) is 16.6. The molecule has 18 heteroatoms. The molecule has 1 aliphatic rings. The van der Waals surface area contributed by atoms with E-state index in [1.165, 1.54) is 12.5 Å². The molecule has 2 amide bonds. The second-order valence-corrected chi connectivity index (χ2v) is 12.5. The molecular weight excluding hydrogens is 787 g/mol. The van der Waals surface area contributed by atoms with E-state index in [0.29, 0.717) is 27.6 Å². The Morgan fingerprint density at radius 3 is 2.16 bits per heavy atom. The molecule has 4 heterocycles. The first-order valence-corrected chi connectivity index (χ1v) is 16.4. The van der Waals surface area contributed by atoms with Gasteiger partial charge < -0.3 is 45.0 Å². The number of hydrogen-bond donors (Lipinski definition) is 4. The highest BCUT2D eigenvalue weighted by atomic mass is 127. The second-order valence-electron chi connectivity index (χ2n) is 10.5. The molecule has 0 spiro atoms. The standard InChI is InChI=1S/C20H21ClN6O2.C11H7BClIN3O3/c1-26-6-8-27(9-7-26)18-5-3-14(11-23-18)13-2-4-15(21)16(10-13)24-19(28)17-12-29-20(22)25-17;13-7-2-1-6(14)3-8(7)15-10(19)9-4-20-11(16-9)17-12-5-18/h2-5,10-12H,6-9H2,1H3,(H2,22,25)(H,24,28);1-5H,(H,15,19)(H,16,17). The van der Waals surface area contributed by atoms with Crippen molar-refractivity contribution in [1.82, 2.24) is 19.9 Å². The quantitative estimate of drug-likeness (QED) is 0.0848. The fourth-order valence-corrected chi connectivity index (χ4v) is 5.31. The number of anilines is 5. The molecular formula is C31H28BCl2IN9O5. The maximum Gasteiger partial charge on any atom is 0.329 e. The van der Waals surface area contributed by atoms with Gasteiger partial charge in [-0.3, -0.25) is 9.59 Å². The molecule has 6 rings (SSSR count). The first-order chi connectivity index (χ1) is 23.6. The molecule has 0 saturated carbocycles. The molecule has 14 nitrogen and oxygen atoms in total. The lowest BCUT2D eigenvalue weighted by Gasteiger charge is -2.33. The topological polar surface area (TPSA) is 185 Å². The molecule has 1 aliphatic heterocycles. The van der Waals surface area contributed by atoms with Gasteiger partial charge in [0.1, 0.15) is 24.5 Å². The Bertz CT molecular complexity index is 1930. The van der Waals surface area contributed by atoms with E-state index in [1.54, 1.807) is 24.3 Å². The van der Waals surface area contributed by atoms with Gasteiger partial charge in [0, 0.05) is 41.5 Å². The van der Waals surface area contributed by atoms with Gasteiger partial charge in [-0.15, -0.1) is 0 Å². The van der Waals surface area contributed by atoms with Crippen LogP contribution in [0.5, 0.6) is 0 Å². The van der Waals surface area contributed by atoms with Crippen LogP contribution in [-0.2, 0) is 4.79 Å². The summed E-state index contributed by atoms with van der Waals surface area (Å²) in [7, 11) is 3.23. The van der Waals surface area contributed by atoms with Crippen LogP contribution in [0.15, 0.2) is 76.1 Å². The molecule has 1 fully saturated rings. The van der Waals surface area contributed by atoms with Gasteiger partial charge >= 0.3 is 7.41 Å². The number of nitrogens with two attached hydrogens (primary N) is 1. The van der Waals surface area contributed by atoms with Crippen LogP contribution in [0.2, 0.25) is 10.0 Å². The van der Waals surface area contributed by atoms with Crippen LogP contribution < -0.4 is 26.5 Å². The highest BCUT2D eigenvalue weighted by Gasteiger charge is 2.17. The molecule has 49 heavy (non-hydrogen) atoms. The lowest BCUT2D eigenvalue weighted by atomic mass is 10.0. The SMILES string of the molecule is CN1CCN(c2ccc(-c3ccc(Cl)c(NC(=O)c4coc(N)n4)c3)cn2)CC1.O=C[B]Nc1nc(C(=O)Nc2cc(I)ccc2Cl)co1. The zero-order chi connectivity index (χ0) is 34.9. The van der Waals surface area contributed by atoms with Crippen LogP contribution in [0.4, 0.5) is 29.2 Å². The van der Waals surface area contributed by atoms with Crippen molar-refractivity contribution in [2.45, 2.75) is 0 Å². The predicted octanol–water partition coefficient (Wildman–Crippen LogP) is 5.38. The fraction of sp³-hybridized carbons (Fsp3) is 0.161. The number of likely N-dealkylation sites (N-methyl/N-ethyl adjacent to an activating group) is 1. The number of halogens is 3. The number of carbonyl (C=O) groups is 3. The highest BCUT2D eigenvalue weighted by molar-refractivity contribution is 14.1. The van der Waals surface area contributed by atoms with Gasteiger partial charge in [0.15, 0.2) is 11.4 Å². The van der Waals surface area contributed by atoms with Crippen molar-refractivity contribution >= 4 is 100 Å². The van der Waals surface area contributed by atoms with Crippen molar-refractivity contribution in [2.75, 3.05) is 59.7 Å². The molecule has 5 N–H and O–H groups in total. The third-order valence-electron chi connectivity index (χ3n) is 7.07. The minimum atomic E-state index is -0.461. The molecule has 5 aromatic rings. The van der Waals surface area contributed by atoms with Crippen LogP contribution in [0.1, 0.15) is 21.0 Å². The van der Waals surface area contributed by atoms with Crippen LogP contribution in [0.25, 0.3) is 11.1 Å². The summed E-state index contributed by atoms with van der Waals surface area (Å²) >= 11 is 14.3. The highest BCUT2D eigenvalue weighted by Crippen LogP contribution is 2.30. The number of aromatic nitrogens is 3. The number of pyridine rings is 1. The van der Waals surface area contributed by atoms with Gasteiger partial charge in [0.2, 0.25) is 0 Å². The average Bonchev–Trinajstić information content (AvgIpc) is 3.77. The Kier molecular flexibility index (Phi) is 12.1. The first-order valence-electron chi connectivity index (χ1n) is 14.6. The van der Waals surface area contributed by atoms with Crippen molar-refractivity contribution in [3.05, 3.63) is 92.3 Å². The summed E-state index contributed by atoms with van der Waals surface area (Å²) < 4.78 is 10.8. The summed E-state index contributed by atoms with van der Waals surface area (Å²) in [4.78, 5) is 51.3. The number of hydrogen-bond acceptors (Lipinski definition) is 12. The van der Waals surface area contributed by atoms with Gasteiger partial charge in [-0.2, -0.15) is 9.97 Å². The lowest BCUT2D eigenvalue weighted by Crippen LogP contribution is -2.44. The van der Waals surface area contributed by atoms with Crippen molar-refractivity contribution in [3.63, 3.8) is 0 Å². The Balaban J connectivity index is 0.000000205. The minimum Gasteiger partial charge on any atom is -0.432 e. The third-order valence-corrected chi connectivity index (χ3v) is 8.40.